The van der Waals surface area contributed by atoms with Crippen LogP contribution in [0.5, 0.6) is 5.75 Å². The summed E-state index contributed by atoms with van der Waals surface area (Å²) in [5, 5.41) is 18.2. The molecule has 5 aromatic rings. The topological polar surface area (TPSA) is 109 Å². The predicted molar refractivity (Wildman–Crippen MR) is 144 cm³/mol. The highest BCUT2D eigenvalue weighted by atomic mass is 32.2. The molecular weight excluding hydrogens is 473 g/mol. The number of aryl methyl sites for hydroxylation is 1. The lowest BCUT2D eigenvalue weighted by atomic mass is 9.97. The fourth-order valence-electron chi connectivity index (χ4n) is 4.03. The number of benzene rings is 3. The number of rotatable bonds is 7. The van der Waals surface area contributed by atoms with Crippen LogP contribution >= 0.6 is 0 Å². The summed E-state index contributed by atoms with van der Waals surface area (Å²) in [5.74, 6) is 0.836. The molecule has 0 aliphatic rings. The van der Waals surface area contributed by atoms with Gasteiger partial charge in [-0.2, -0.15) is 9.61 Å². The number of sulfonamides is 1. The van der Waals surface area contributed by atoms with Crippen LogP contribution in [0, 0.1) is 6.92 Å². The van der Waals surface area contributed by atoms with Gasteiger partial charge in [0.1, 0.15) is 19.4 Å². The van der Waals surface area contributed by atoms with Gasteiger partial charge in [0.05, 0.1) is 16.8 Å². The van der Waals surface area contributed by atoms with Gasteiger partial charge in [0, 0.05) is 29.4 Å². The molecule has 0 atom stereocenters. The van der Waals surface area contributed by atoms with Crippen molar-refractivity contribution in [2.24, 2.45) is 0 Å². The normalized spacial score (nSPS) is 11.5. The van der Waals surface area contributed by atoms with E-state index in [-0.39, 0.29) is 10.6 Å². The molecule has 0 saturated carbocycles. The lowest BCUT2D eigenvalue weighted by molar-refractivity contribution is 0.477. The van der Waals surface area contributed by atoms with Crippen molar-refractivity contribution >= 4 is 40.5 Å². The van der Waals surface area contributed by atoms with Crippen LogP contribution in [0.1, 0.15) is 11.1 Å². The van der Waals surface area contributed by atoms with Crippen molar-refractivity contribution in [3.63, 3.8) is 0 Å². The van der Waals surface area contributed by atoms with E-state index in [1.54, 1.807) is 67.1 Å². The van der Waals surface area contributed by atoms with Gasteiger partial charge in [-0.05, 0) is 42.8 Å². The molecule has 2 aromatic heterocycles. The van der Waals surface area contributed by atoms with E-state index in [1.807, 2.05) is 37.3 Å². The molecule has 5 rings (SSSR count). The first kappa shape index (κ1) is 23.4. The van der Waals surface area contributed by atoms with Crippen LogP contribution in [-0.4, -0.2) is 36.0 Å². The lowest BCUT2D eigenvalue weighted by Crippen LogP contribution is -2.21. The van der Waals surface area contributed by atoms with Crippen LogP contribution in [0.3, 0.4) is 0 Å². The van der Waals surface area contributed by atoms with Gasteiger partial charge >= 0.3 is 0 Å². The maximum Gasteiger partial charge on any atom is 0.261 e. The smallest absolute Gasteiger partial charge is 0.261 e. The highest BCUT2D eigenvalue weighted by molar-refractivity contribution is 7.93. The van der Waals surface area contributed by atoms with Crippen molar-refractivity contribution in [1.29, 1.82) is 0 Å². The van der Waals surface area contributed by atoms with Gasteiger partial charge < -0.3 is 10.4 Å². The lowest BCUT2D eigenvalue weighted by Gasteiger charge is -2.13. The summed E-state index contributed by atoms with van der Waals surface area (Å²) in [6, 6.07) is 23.0. The second-order valence-corrected chi connectivity index (χ2v) is 10.2. The Bertz CT molecular complexity index is 1680. The first-order valence-corrected chi connectivity index (χ1v) is 12.9. The molecule has 0 radical (unpaired) electrons. The van der Waals surface area contributed by atoms with Gasteiger partial charge in [-0.25, -0.2) is 13.4 Å². The molecule has 0 saturated heterocycles. The quantitative estimate of drug-likeness (QED) is 0.298. The predicted octanol–water partition coefficient (Wildman–Crippen LogP) is 3.08. The molecule has 0 fully saturated rings. The number of nitrogens with zero attached hydrogens (tertiary/aromatic N) is 3. The standard InChI is InChI=1S/C26H24BN5O3S/c1-17-15-29-32-25(14-22(30-26(17)32)20-9-2-4-11-23(20)33)28-16-18-7-6-8-19(13-18)31-36(34,35)24-12-5-3-10-21(24)27/h2-15,28,31,33H,16,27H2,1H3. The molecule has 0 unspecified atom stereocenters. The summed E-state index contributed by atoms with van der Waals surface area (Å²) in [6.45, 7) is 2.34. The molecule has 10 heteroatoms. The number of nitrogens with one attached hydrogen (secondary N) is 2. The number of aromatic hydroxyl groups is 1. The Balaban J connectivity index is 1.42. The third-order valence-electron chi connectivity index (χ3n) is 5.86. The van der Waals surface area contributed by atoms with Gasteiger partial charge in [0.25, 0.3) is 10.0 Å². The van der Waals surface area contributed by atoms with E-state index in [1.165, 1.54) is 0 Å². The highest BCUT2D eigenvalue weighted by Crippen LogP contribution is 2.30. The van der Waals surface area contributed by atoms with E-state index >= 15 is 0 Å². The van der Waals surface area contributed by atoms with Crippen molar-refractivity contribution in [3.8, 4) is 17.0 Å². The van der Waals surface area contributed by atoms with Crippen molar-refractivity contribution in [2.45, 2.75) is 18.4 Å². The molecular formula is C26H24BN5O3S. The van der Waals surface area contributed by atoms with Crippen molar-refractivity contribution < 1.29 is 13.5 Å². The summed E-state index contributed by atoms with van der Waals surface area (Å²) in [4.78, 5) is 4.94. The molecule has 0 aliphatic heterocycles. The van der Waals surface area contributed by atoms with Crippen LogP contribution in [0.25, 0.3) is 16.9 Å². The molecule has 3 aromatic carbocycles. The summed E-state index contributed by atoms with van der Waals surface area (Å²) in [7, 11) is -1.94. The Morgan fingerprint density at radius 3 is 2.58 bits per heavy atom. The molecule has 0 spiro atoms. The maximum atomic E-state index is 12.9. The first-order valence-electron chi connectivity index (χ1n) is 11.4. The number of anilines is 2. The van der Waals surface area contributed by atoms with Gasteiger partial charge in [-0.3, -0.25) is 4.72 Å². The van der Waals surface area contributed by atoms with Crippen LogP contribution in [0.4, 0.5) is 11.5 Å². The fraction of sp³-hybridized carbons (Fsp3) is 0.0769. The van der Waals surface area contributed by atoms with Gasteiger partial charge in [-0.15, -0.1) is 0 Å². The number of fused-ring (bicyclic) bond motifs is 1. The highest BCUT2D eigenvalue weighted by Gasteiger charge is 2.17. The minimum Gasteiger partial charge on any atom is -0.507 e. The van der Waals surface area contributed by atoms with E-state index in [0.717, 1.165) is 11.1 Å². The molecule has 0 bridgehead atoms. The summed E-state index contributed by atoms with van der Waals surface area (Å²) in [6.07, 6.45) is 1.74. The van der Waals surface area contributed by atoms with Crippen LogP contribution < -0.4 is 15.5 Å². The largest absolute Gasteiger partial charge is 0.507 e. The minimum absolute atomic E-state index is 0.145. The maximum absolute atomic E-state index is 12.9. The average molecular weight is 497 g/mol. The van der Waals surface area contributed by atoms with Gasteiger partial charge in [0.2, 0.25) is 0 Å². The Morgan fingerprint density at radius 1 is 1.00 bits per heavy atom. The second-order valence-electron chi connectivity index (χ2n) is 8.53. The van der Waals surface area contributed by atoms with Crippen molar-refractivity contribution in [2.75, 3.05) is 10.0 Å². The van der Waals surface area contributed by atoms with E-state index in [4.69, 9.17) is 4.98 Å². The first-order chi connectivity index (χ1) is 17.3. The molecule has 3 N–H and O–H groups in total. The summed E-state index contributed by atoms with van der Waals surface area (Å²) < 4.78 is 30.2. The molecule has 36 heavy (non-hydrogen) atoms. The minimum atomic E-state index is -3.71. The third-order valence-corrected chi connectivity index (χ3v) is 7.41. The number of para-hydroxylation sites is 1. The van der Waals surface area contributed by atoms with Crippen molar-refractivity contribution in [1.82, 2.24) is 14.6 Å². The Morgan fingerprint density at radius 2 is 1.78 bits per heavy atom. The zero-order chi connectivity index (χ0) is 25.3. The van der Waals surface area contributed by atoms with Crippen molar-refractivity contribution in [3.05, 3.63) is 96.2 Å². The molecule has 180 valence electrons. The van der Waals surface area contributed by atoms with E-state index < -0.39 is 10.0 Å². The number of hydrogen-bond donors (Lipinski definition) is 3. The van der Waals surface area contributed by atoms with E-state index in [2.05, 4.69) is 15.1 Å². The second kappa shape index (κ2) is 9.39. The fourth-order valence-corrected chi connectivity index (χ4v) is 5.33. The summed E-state index contributed by atoms with van der Waals surface area (Å²) in [5.41, 5.74) is 4.85. The number of phenolic OH excluding ortho intramolecular Hbond substituents is 1. The van der Waals surface area contributed by atoms with Crippen LogP contribution in [-0.2, 0) is 16.6 Å². The average Bonchev–Trinajstić information content (AvgIpc) is 3.23. The Hall–Kier alpha value is -4.31. The number of phenols is 1. The van der Waals surface area contributed by atoms with Crippen LogP contribution in [0.2, 0.25) is 0 Å². The van der Waals surface area contributed by atoms with Crippen LogP contribution in [0.15, 0.2) is 90.0 Å². The summed E-state index contributed by atoms with van der Waals surface area (Å²) >= 11 is 0. The van der Waals surface area contributed by atoms with E-state index in [9.17, 15) is 13.5 Å². The zero-order valence-corrected chi connectivity index (χ0v) is 20.6. The SMILES string of the molecule is Bc1ccccc1S(=O)(=O)Nc1cccc(CNc2cc(-c3ccccc3O)nc3c(C)cnn23)c1. The van der Waals surface area contributed by atoms with E-state index in [0.29, 0.717) is 40.4 Å². The monoisotopic (exact) mass is 497 g/mol. The Kier molecular flexibility index (Phi) is 6.11. The molecule has 2 heterocycles. The Labute approximate surface area is 210 Å². The number of hydrogen-bond acceptors (Lipinski definition) is 6. The van der Waals surface area contributed by atoms with Gasteiger partial charge in [-0.1, -0.05) is 47.9 Å². The zero-order valence-electron chi connectivity index (χ0n) is 19.8. The number of aromatic nitrogens is 3. The molecule has 8 nitrogen and oxygen atoms in total. The molecule has 0 aliphatic carbocycles. The third kappa shape index (κ3) is 4.63. The molecule has 0 amide bonds. The van der Waals surface area contributed by atoms with Gasteiger partial charge in [0.15, 0.2) is 5.65 Å².